The van der Waals surface area contributed by atoms with Crippen molar-refractivity contribution in [3.63, 3.8) is 0 Å². The Bertz CT molecular complexity index is 1370. The smallest absolute Gasteiger partial charge is 0.325 e. The van der Waals surface area contributed by atoms with Gasteiger partial charge < -0.3 is 14.0 Å². The first-order valence-electron chi connectivity index (χ1n) is 9.78. The van der Waals surface area contributed by atoms with Crippen molar-refractivity contribution in [1.29, 1.82) is 0 Å². The van der Waals surface area contributed by atoms with E-state index >= 15 is 0 Å². The van der Waals surface area contributed by atoms with Gasteiger partial charge in [-0.2, -0.15) is 4.99 Å². The number of fused-ring (bicyclic) bond motifs is 2. The molecule has 4 aromatic rings. The molecule has 8 heteroatoms. The number of benzene rings is 2. The predicted molar refractivity (Wildman–Crippen MR) is 119 cm³/mol. The minimum absolute atomic E-state index is 0.0758. The Morgan fingerprint density at radius 2 is 2.00 bits per heavy atom. The van der Waals surface area contributed by atoms with E-state index in [0.29, 0.717) is 28.2 Å². The molecular weight excluding hydrogens is 414 g/mol. The van der Waals surface area contributed by atoms with Crippen LogP contribution >= 0.6 is 11.3 Å². The van der Waals surface area contributed by atoms with E-state index < -0.39 is 11.9 Å². The molecule has 2 heterocycles. The number of esters is 1. The van der Waals surface area contributed by atoms with Gasteiger partial charge in [0.1, 0.15) is 17.8 Å². The van der Waals surface area contributed by atoms with Crippen molar-refractivity contribution in [3.8, 4) is 5.75 Å². The molecule has 0 bridgehead atoms. The van der Waals surface area contributed by atoms with Crippen LogP contribution in [0.15, 0.2) is 53.5 Å². The zero-order valence-electron chi connectivity index (χ0n) is 17.4. The highest BCUT2D eigenvalue weighted by Gasteiger charge is 2.16. The van der Waals surface area contributed by atoms with Gasteiger partial charge in [0.05, 0.1) is 23.9 Å². The Hall–Kier alpha value is -3.52. The van der Waals surface area contributed by atoms with E-state index in [1.165, 1.54) is 18.4 Å². The van der Waals surface area contributed by atoms with Crippen LogP contribution in [0.2, 0.25) is 0 Å². The monoisotopic (exact) mass is 435 g/mol. The molecule has 31 heavy (non-hydrogen) atoms. The largest absolute Gasteiger partial charge is 0.492 e. The molecular formula is C23H21N3O4S. The van der Waals surface area contributed by atoms with Gasteiger partial charge in [-0.25, -0.2) is 0 Å². The summed E-state index contributed by atoms with van der Waals surface area (Å²) < 4.78 is 13.1. The second-order valence-corrected chi connectivity index (χ2v) is 7.87. The number of amides is 1. The fraction of sp³-hybridized carbons (Fsp3) is 0.217. The van der Waals surface area contributed by atoms with Crippen molar-refractivity contribution in [1.82, 2.24) is 9.55 Å². The molecule has 0 saturated carbocycles. The van der Waals surface area contributed by atoms with E-state index in [9.17, 15) is 9.59 Å². The first-order valence-corrected chi connectivity index (χ1v) is 10.6. The lowest BCUT2D eigenvalue weighted by molar-refractivity contribution is -0.141. The summed E-state index contributed by atoms with van der Waals surface area (Å²) in [5.41, 5.74) is 2.89. The number of carbonyl (C=O) groups excluding carboxylic acids is 2. The molecule has 0 atom stereocenters. The SMILES string of the molecule is CCOc1cccc2sc(=NC(=O)c3ccc4nc(C)ccc4c3)n(CC(=O)OC)c12. The number of nitrogens with zero attached hydrogens (tertiary/aromatic N) is 3. The van der Waals surface area contributed by atoms with Crippen LogP contribution in [-0.2, 0) is 16.1 Å². The average molecular weight is 436 g/mol. The summed E-state index contributed by atoms with van der Waals surface area (Å²) in [7, 11) is 1.33. The molecule has 0 aliphatic rings. The summed E-state index contributed by atoms with van der Waals surface area (Å²) in [5, 5.41) is 0.865. The van der Waals surface area contributed by atoms with E-state index in [2.05, 4.69) is 9.98 Å². The van der Waals surface area contributed by atoms with Crippen LogP contribution in [0.25, 0.3) is 21.1 Å². The number of methoxy groups -OCH3 is 1. The Labute approximate surface area is 182 Å². The number of hydrogen-bond donors (Lipinski definition) is 0. The molecule has 0 saturated heterocycles. The van der Waals surface area contributed by atoms with Crippen molar-refractivity contribution in [2.45, 2.75) is 20.4 Å². The van der Waals surface area contributed by atoms with Crippen LogP contribution < -0.4 is 9.54 Å². The Morgan fingerprint density at radius 1 is 1.16 bits per heavy atom. The molecule has 4 rings (SSSR count). The van der Waals surface area contributed by atoms with Gasteiger partial charge in [0, 0.05) is 16.6 Å². The first kappa shape index (κ1) is 20.7. The Balaban J connectivity index is 1.84. The fourth-order valence-electron chi connectivity index (χ4n) is 3.31. The van der Waals surface area contributed by atoms with Gasteiger partial charge in [0.25, 0.3) is 5.91 Å². The standard InChI is InChI=1S/C23H21N3O4S/c1-4-30-18-6-5-7-19-21(18)26(13-20(27)29-3)23(31-19)25-22(28)16-10-11-17-15(12-16)9-8-14(2)24-17/h5-12H,4,13H2,1-3H3. The molecule has 1 amide bonds. The van der Waals surface area contributed by atoms with Gasteiger partial charge in [-0.1, -0.05) is 23.5 Å². The Kier molecular flexibility index (Phi) is 5.81. The number of rotatable bonds is 5. The second kappa shape index (κ2) is 8.69. The van der Waals surface area contributed by atoms with E-state index in [0.717, 1.165) is 21.3 Å². The highest BCUT2D eigenvalue weighted by atomic mass is 32.1. The van der Waals surface area contributed by atoms with Crippen LogP contribution in [0.1, 0.15) is 23.0 Å². The second-order valence-electron chi connectivity index (χ2n) is 6.86. The lowest BCUT2D eigenvalue weighted by atomic mass is 10.1. The predicted octanol–water partition coefficient (Wildman–Crippen LogP) is 3.87. The zero-order chi connectivity index (χ0) is 22.0. The molecule has 0 aliphatic heterocycles. The van der Waals surface area contributed by atoms with Crippen molar-refractivity contribution in [2.24, 2.45) is 4.99 Å². The molecule has 0 unspecified atom stereocenters. The minimum atomic E-state index is -0.438. The van der Waals surface area contributed by atoms with Gasteiger partial charge in [-0.15, -0.1) is 0 Å². The fourth-order valence-corrected chi connectivity index (χ4v) is 4.35. The van der Waals surface area contributed by atoms with Crippen LogP contribution in [0.4, 0.5) is 0 Å². The van der Waals surface area contributed by atoms with Crippen molar-refractivity contribution < 1.29 is 19.1 Å². The Morgan fingerprint density at radius 3 is 2.77 bits per heavy atom. The van der Waals surface area contributed by atoms with E-state index in [1.54, 1.807) is 16.7 Å². The maximum Gasteiger partial charge on any atom is 0.325 e. The third kappa shape index (κ3) is 4.20. The van der Waals surface area contributed by atoms with Crippen LogP contribution in [0, 0.1) is 6.92 Å². The van der Waals surface area contributed by atoms with Gasteiger partial charge in [0.15, 0.2) is 4.80 Å². The zero-order valence-corrected chi connectivity index (χ0v) is 18.2. The molecule has 158 valence electrons. The number of aryl methyl sites for hydroxylation is 1. The number of pyridine rings is 1. The highest BCUT2D eigenvalue weighted by Crippen LogP contribution is 2.28. The summed E-state index contributed by atoms with van der Waals surface area (Å²) in [6.45, 7) is 4.21. The maximum absolute atomic E-state index is 13.0. The molecule has 0 spiro atoms. The molecule has 0 N–H and O–H groups in total. The van der Waals surface area contributed by atoms with Crippen molar-refractivity contribution >= 4 is 44.3 Å². The van der Waals surface area contributed by atoms with Gasteiger partial charge >= 0.3 is 5.97 Å². The van der Waals surface area contributed by atoms with Gasteiger partial charge in [-0.3, -0.25) is 14.6 Å². The summed E-state index contributed by atoms with van der Waals surface area (Å²) >= 11 is 1.32. The lowest BCUT2D eigenvalue weighted by Gasteiger charge is -2.08. The average Bonchev–Trinajstić information content (AvgIpc) is 3.11. The minimum Gasteiger partial charge on any atom is -0.492 e. The summed E-state index contributed by atoms with van der Waals surface area (Å²) in [6, 6.07) is 14.7. The van der Waals surface area contributed by atoms with Gasteiger partial charge in [0.2, 0.25) is 0 Å². The van der Waals surface area contributed by atoms with Crippen LogP contribution in [0.3, 0.4) is 0 Å². The topological polar surface area (TPSA) is 82.8 Å². The third-order valence-corrected chi connectivity index (χ3v) is 5.79. The van der Waals surface area contributed by atoms with Crippen LogP contribution in [0.5, 0.6) is 5.75 Å². The number of hydrogen-bond acceptors (Lipinski definition) is 6. The third-order valence-electron chi connectivity index (χ3n) is 4.75. The van der Waals surface area contributed by atoms with E-state index in [4.69, 9.17) is 9.47 Å². The maximum atomic E-state index is 13.0. The molecule has 7 nitrogen and oxygen atoms in total. The van der Waals surface area contributed by atoms with Crippen molar-refractivity contribution in [3.05, 3.63) is 64.6 Å². The first-order chi connectivity index (χ1) is 15.0. The van der Waals surface area contributed by atoms with Gasteiger partial charge in [-0.05, 0) is 50.2 Å². The summed E-state index contributed by atoms with van der Waals surface area (Å²) in [5.74, 6) is -0.209. The number of ether oxygens (including phenoxy) is 2. The summed E-state index contributed by atoms with van der Waals surface area (Å²) in [4.78, 5) is 34.2. The number of carbonyl (C=O) groups is 2. The normalized spacial score (nSPS) is 11.8. The molecule has 0 fully saturated rings. The number of aromatic nitrogens is 2. The quantitative estimate of drug-likeness (QED) is 0.445. The number of thiazole rings is 1. The van der Waals surface area contributed by atoms with Crippen molar-refractivity contribution in [2.75, 3.05) is 13.7 Å². The highest BCUT2D eigenvalue weighted by molar-refractivity contribution is 7.16. The lowest BCUT2D eigenvalue weighted by Crippen LogP contribution is -2.22. The molecule has 2 aromatic heterocycles. The van der Waals surface area contributed by atoms with E-state index in [-0.39, 0.29) is 6.54 Å². The molecule has 0 aliphatic carbocycles. The summed E-state index contributed by atoms with van der Waals surface area (Å²) in [6.07, 6.45) is 0. The van der Waals surface area contributed by atoms with E-state index in [1.807, 2.05) is 50.2 Å². The molecule has 2 aromatic carbocycles. The number of para-hydroxylation sites is 1. The molecule has 0 radical (unpaired) electrons. The van der Waals surface area contributed by atoms with Crippen LogP contribution in [-0.4, -0.2) is 35.1 Å².